The van der Waals surface area contributed by atoms with Crippen molar-refractivity contribution in [3.05, 3.63) is 15.8 Å². The van der Waals surface area contributed by atoms with Crippen molar-refractivity contribution in [2.75, 3.05) is 22.6 Å². The van der Waals surface area contributed by atoms with Crippen LogP contribution in [0.25, 0.3) is 0 Å². The molecule has 3 N–H and O–H groups in total. The maximum Gasteiger partial charge on any atom is 0.332 e. The summed E-state index contributed by atoms with van der Waals surface area (Å²) in [6.45, 7) is 5.62. The molecule has 7 nitrogen and oxygen atoms in total. The van der Waals surface area contributed by atoms with Gasteiger partial charge in [0.05, 0.1) is 4.92 Å². The summed E-state index contributed by atoms with van der Waals surface area (Å²) in [5, 5.41) is 14.1. The van der Waals surface area contributed by atoms with Gasteiger partial charge in [-0.25, -0.2) is 4.98 Å². The van der Waals surface area contributed by atoms with Gasteiger partial charge in [0.2, 0.25) is 11.8 Å². The summed E-state index contributed by atoms with van der Waals surface area (Å²) < 4.78 is 0. The summed E-state index contributed by atoms with van der Waals surface area (Å²) in [6.07, 6.45) is 0.901. The van der Waals surface area contributed by atoms with Crippen LogP contribution in [-0.2, 0) is 0 Å². The molecule has 0 aliphatic carbocycles. The summed E-state index contributed by atoms with van der Waals surface area (Å²) in [7, 11) is 0. The molecule has 1 unspecified atom stereocenters. The van der Waals surface area contributed by atoms with E-state index in [1.165, 1.54) is 0 Å². The molecule has 1 aromatic heterocycles. The van der Waals surface area contributed by atoms with E-state index in [0.29, 0.717) is 0 Å². The van der Waals surface area contributed by atoms with Crippen LogP contribution in [0.5, 0.6) is 0 Å². The molecule has 106 valence electrons. The van der Waals surface area contributed by atoms with E-state index < -0.39 is 4.92 Å². The summed E-state index contributed by atoms with van der Waals surface area (Å²) in [6, 6.07) is 0.0893. The molecule has 1 aromatic rings. The Balaban J connectivity index is 2.84. The van der Waals surface area contributed by atoms with E-state index in [4.69, 9.17) is 5.73 Å². The highest BCUT2D eigenvalue weighted by Gasteiger charge is 2.22. The van der Waals surface area contributed by atoms with Gasteiger partial charge in [-0.15, -0.1) is 0 Å². The van der Waals surface area contributed by atoms with Gasteiger partial charge in [-0.1, -0.05) is 6.92 Å². The Labute approximate surface area is 116 Å². The first kappa shape index (κ1) is 15.5. The van der Waals surface area contributed by atoms with Gasteiger partial charge in [0.25, 0.3) is 0 Å². The Kier molecular flexibility index (Phi) is 5.81. The number of nitrogens with zero attached hydrogens (tertiary/aromatic N) is 3. The Morgan fingerprint density at radius 1 is 1.53 bits per heavy atom. The quantitative estimate of drug-likeness (QED) is 0.449. The highest BCUT2D eigenvalue weighted by Crippen LogP contribution is 2.26. The van der Waals surface area contributed by atoms with Crippen LogP contribution in [-0.4, -0.2) is 32.4 Å². The first-order valence-corrected chi connectivity index (χ1v) is 7.24. The van der Waals surface area contributed by atoms with Gasteiger partial charge in [-0.2, -0.15) is 16.7 Å². The Morgan fingerprint density at radius 3 is 2.79 bits per heavy atom. The zero-order valence-corrected chi connectivity index (χ0v) is 12.2. The van der Waals surface area contributed by atoms with Crippen LogP contribution >= 0.6 is 11.8 Å². The van der Waals surface area contributed by atoms with Gasteiger partial charge >= 0.3 is 5.69 Å². The van der Waals surface area contributed by atoms with Crippen LogP contribution in [0.1, 0.15) is 26.0 Å². The van der Waals surface area contributed by atoms with Crippen LogP contribution in [0.2, 0.25) is 0 Å². The van der Waals surface area contributed by atoms with Crippen LogP contribution in [0.15, 0.2) is 0 Å². The molecule has 1 heterocycles. The standard InChI is InChI=1S/C11H19N5O2S/c1-4-19-6-5-7(2)13-10-9(16(17)18)8(3)14-11(12)15-10/h7H,4-6H2,1-3H3,(H3,12,13,14,15). The number of hydrogen-bond donors (Lipinski definition) is 2. The third kappa shape index (κ3) is 4.55. The van der Waals surface area contributed by atoms with E-state index in [2.05, 4.69) is 22.2 Å². The number of hydrogen-bond acceptors (Lipinski definition) is 7. The molecular formula is C11H19N5O2S. The molecule has 0 saturated carbocycles. The van der Waals surface area contributed by atoms with Crippen molar-refractivity contribution < 1.29 is 4.92 Å². The van der Waals surface area contributed by atoms with Crippen LogP contribution < -0.4 is 11.1 Å². The fourth-order valence-electron chi connectivity index (χ4n) is 1.62. The smallest absolute Gasteiger partial charge is 0.332 e. The third-order valence-electron chi connectivity index (χ3n) is 2.54. The van der Waals surface area contributed by atoms with Gasteiger partial charge in [0.1, 0.15) is 5.69 Å². The van der Waals surface area contributed by atoms with E-state index >= 15 is 0 Å². The van der Waals surface area contributed by atoms with Crippen LogP contribution in [0.4, 0.5) is 17.5 Å². The summed E-state index contributed by atoms with van der Waals surface area (Å²) in [5.41, 5.74) is 5.70. The highest BCUT2D eigenvalue weighted by atomic mass is 32.2. The molecule has 0 spiro atoms. The monoisotopic (exact) mass is 285 g/mol. The molecule has 0 amide bonds. The van der Waals surface area contributed by atoms with Crippen molar-refractivity contribution in [1.29, 1.82) is 0 Å². The van der Waals surface area contributed by atoms with E-state index in [9.17, 15) is 10.1 Å². The second kappa shape index (κ2) is 7.13. The van der Waals surface area contributed by atoms with Gasteiger partial charge in [0.15, 0.2) is 0 Å². The number of rotatable bonds is 7. The first-order valence-electron chi connectivity index (χ1n) is 6.08. The molecule has 8 heteroatoms. The normalized spacial score (nSPS) is 12.2. The second-order valence-corrected chi connectivity index (χ2v) is 5.55. The number of nitro groups is 1. The number of thioether (sulfide) groups is 1. The number of nitrogen functional groups attached to an aromatic ring is 1. The first-order chi connectivity index (χ1) is 8.95. The van der Waals surface area contributed by atoms with Gasteiger partial charge in [-0.05, 0) is 31.8 Å². The molecule has 0 aliphatic rings. The highest BCUT2D eigenvalue weighted by molar-refractivity contribution is 7.99. The topological polar surface area (TPSA) is 107 Å². The zero-order chi connectivity index (χ0) is 14.4. The average molecular weight is 285 g/mol. The predicted octanol–water partition coefficient (Wildman–Crippen LogP) is 2.22. The fraction of sp³-hybridized carbons (Fsp3) is 0.636. The molecule has 1 atom stereocenters. The van der Waals surface area contributed by atoms with Crippen molar-refractivity contribution in [2.45, 2.75) is 33.2 Å². The van der Waals surface area contributed by atoms with E-state index in [-0.39, 0.29) is 29.2 Å². The largest absolute Gasteiger partial charge is 0.368 e. The number of aromatic nitrogens is 2. The van der Waals surface area contributed by atoms with Gasteiger partial charge in [-0.3, -0.25) is 10.1 Å². The van der Waals surface area contributed by atoms with Crippen molar-refractivity contribution in [2.24, 2.45) is 0 Å². The average Bonchev–Trinajstić information content (AvgIpc) is 2.27. The minimum absolute atomic E-state index is 0.0423. The minimum Gasteiger partial charge on any atom is -0.368 e. The molecule has 0 bridgehead atoms. The van der Waals surface area contributed by atoms with E-state index in [1.807, 2.05) is 18.7 Å². The van der Waals surface area contributed by atoms with Gasteiger partial charge in [0, 0.05) is 6.04 Å². The van der Waals surface area contributed by atoms with Crippen LogP contribution in [0, 0.1) is 17.0 Å². The molecule has 0 aromatic carbocycles. The van der Waals surface area contributed by atoms with Crippen molar-refractivity contribution in [3.63, 3.8) is 0 Å². The van der Waals surface area contributed by atoms with E-state index in [1.54, 1.807) is 6.92 Å². The molecule has 0 radical (unpaired) electrons. The third-order valence-corrected chi connectivity index (χ3v) is 3.47. The minimum atomic E-state index is -0.482. The molecular weight excluding hydrogens is 266 g/mol. The van der Waals surface area contributed by atoms with Crippen molar-refractivity contribution in [3.8, 4) is 0 Å². The van der Waals surface area contributed by atoms with Crippen molar-refractivity contribution in [1.82, 2.24) is 9.97 Å². The number of anilines is 2. The Hall–Kier alpha value is -1.57. The summed E-state index contributed by atoms with van der Waals surface area (Å²) in [4.78, 5) is 18.3. The zero-order valence-electron chi connectivity index (χ0n) is 11.3. The molecule has 0 aliphatic heterocycles. The molecule has 19 heavy (non-hydrogen) atoms. The maximum atomic E-state index is 11.0. The number of nitrogens with two attached hydrogens (primary N) is 1. The number of nitrogens with one attached hydrogen (secondary N) is 1. The number of aryl methyl sites for hydroxylation is 1. The maximum absolute atomic E-state index is 11.0. The molecule has 0 saturated heterocycles. The SMILES string of the molecule is CCSCCC(C)Nc1nc(N)nc(C)c1[N+](=O)[O-]. The predicted molar refractivity (Wildman–Crippen MR) is 78.5 cm³/mol. The van der Waals surface area contributed by atoms with Crippen molar-refractivity contribution >= 4 is 29.2 Å². The van der Waals surface area contributed by atoms with E-state index in [0.717, 1.165) is 17.9 Å². The Morgan fingerprint density at radius 2 is 2.21 bits per heavy atom. The lowest BCUT2D eigenvalue weighted by Crippen LogP contribution is -2.19. The summed E-state index contributed by atoms with van der Waals surface area (Å²) >= 11 is 1.83. The van der Waals surface area contributed by atoms with Crippen LogP contribution in [0.3, 0.4) is 0 Å². The second-order valence-electron chi connectivity index (χ2n) is 4.15. The van der Waals surface area contributed by atoms with Gasteiger partial charge < -0.3 is 11.1 Å². The molecule has 1 rings (SSSR count). The summed E-state index contributed by atoms with van der Waals surface area (Å²) in [5.74, 6) is 2.30. The fourth-order valence-corrected chi connectivity index (χ4v) is 2.43. The lowest BCUT2D eigenvalue weighted by atomic mass is 10.2. The lowest BCUT2D eigenvalue weighted by molar-refractivity contribution is -0.385. The Bertz CT molecular complexity index is 455. The lowest BCUT2D eigenvalue weighted by Gasteiger charge is -2.14. The molecule has 0 fully saturated rings.